The summed E-state index contributed by atoms with van der Waals surface area (Å²) in [7, 11) is 0. The van der Waals surface area contributed by atoms with Crippen molar-refractivity contribution in [2.75, 3.05) is 19.6 Å². The molecular formula is C10H20N4O. The van der Waals surface area contributed by atoms with Crippen molar-refractivity contribution in [2.45, 2.75) is 37.8 Å². The molecule has 1 unspecified atom stereocenters. The Kier molecular flexibility index (Phi) is 3.43. The molecule has 1 saturated heterocycles. The minimum absolute atomic E-state index is 0.305. The van der Waals surface area contributed by atoms with Crippen LogP contribution in [0.25, 0.3) is 0 Å². The van der Waals surface area contributed by atoms with E-state index in [2.05, 4.69) is 15.4 Å². The topological polar surface area (TPSA) is 73.9 Å². The standard InChI is InChI=1S/C10H20N4O/c11-10(13-15)3-5-12-8-4-6-14(7-8)9-1-2-9/h8-9,12,15H,1-7H2,(H2,11,13). The second-order valence-corrected chi connectivity index (χ2v) is 4.51. The van der Waals surface area contributed by atoms with Crippen molar-refractivity contribution in [2.24, 2.45) is 10.9 Å². The number of oxime groups is 1. The first-order chi connectivity index (χ1) is 7.29. The predicted octanol–water partition coefficient (Wildman–Crippen LogP) is -0.0508. The summed E-state index contributed by atoms with van der Waals surface area (Å²) in [5, 5.41) is 14.8. The van der Waals surface area contributed by atoms with Gasteiger partial charge in [-0.1, -0.05) is 5.16 Å². The van der Waals surface area contributed by atoms with Crippen LogP contribution in [0.3, 0.4) is 0 Å². The van der Waals surface area contributed by atoms with Gasteiger partial charge in [-0.15, -0.1) is 0 Å². The maximum atomic E-state index is 8.38. The Morgan fingerprint density at radius 3 is 2.93 bits per heavy atom. The van der Waals surface area contributed by atoms with E-state index in [1.165, 1.54) is 32.4 Å². The number of rotatable bonds is 5. The van der Waals surface area contributed by atoms with Gasteiger partial charge in [-0.3, -0.25) is 4.90 Å². The number of amidine groups is 1. The highest BCUT2D eigenvalue weighted by molar-refractivity contribution is 5.79. The van der Waals surface area contributed by atoms with Crippen LogP contribution in [0.4, 0.5) is 0 Å². The molecule has 2 aliphatic rings. The van der Waals surface area contributed by atoms with Gasteiger partial charge in [0.1, 0.15) is 5.84 Å². The van der Waals surface area contributed by atoms with Crippen LogP contribution in [-0.2, 0) is 0 Å². The van der Waals surface area contributed by atoms with Crippen molar-refractivity contribution in [1.29, 1.82) is 0 Å². The monoisotopic (exact) mass is 212 g/mol. The minimum atomic E-state index is 0.305. The van der Waals surface area contributed by atoms with Crippen LogP contribution in [0.2, 0.25) is 0 Å². The minimum Gasteiger partial charge on any atom is -0.409 e. The average molecular weight is 212 g/mol. The zero-order valence-electron chi connectivity index (χ0n) is 9.02. The van der Waals surface area contributed by atoms with Crippen LogP contribution in [0.15, 0.2) is 5.16 Å². The van der Waals surface area contributed by atoms with Gasteiger partial charge in [0, 0.05) is 38.1 Å². The summed E-state index contributed by atoms with van der Waals surface area (Å²) < 4.78 is 0. The molecule has 1 atom stereocenters. The molecule has 1 aliphatic heterocycles. The van der Waals surface area contributed by atoms with Gasteiger partial charge in [-0.05, 0) is 19.3 Å². The van der Waals surface area contributed by atoms with Crippen molar-refractivity contribution < 1.29 is 5.21 Å². The first-order valence-corrected chi connectivity index (χ1v) is 5.73. The lowest BCUT2D eigenvalue weighted by Gasteiger charge is -2.15. The van der Waals surface area contributed by atoms with Crippen LogP contribution in [0, 0.1) is 0 Å². The van der Waals surface area contributed by atoms with Gasteiger partial charge in [0.15, 0.2) is 0 Å². The molecule has 0 spiro atoms. The summed E-state index contributed by atoms with van der Waals surface area (Å²) >= 11 is 0. The molecule has 0 radical (unpaired) electrons. The lowest BCUT2D eigenvalue weighted by atomic mass is 10.2. The lowest BCUT2D eigenvalue weighted by Crippen LogP contribution is -2.35. The summed E-state index contributed by atoms with van der Waals surface area (Å²) in [5.41, 5.74) is 5.39. The zero-order chi connectivity index (χ0) is 10.7. The Balaban J connectivity index is 1.60. The lowest BCUT2D eigenvalue weighted by molar-refractivity contribution is 0.314. The van der Waals surface area contributed by atoms with Gasteiger partial charge in [0.2, 0.25) is 0 Å². The largest absolute Gasteiger partial charge is 0.409 e. The van der Waals surface area contributed by atoms with Gasteiger partial charge in [-0.2, -0.15) is 0 Å². The van der Waals surface area contributed by atoms with Crippen LogP contribution >= 0.6 is 0 Å². The van der Waals surface area contributed by atoms with E-state index in [1.807, 2.05) is 0 Å². The number of hydrogen-bond acceptors (Lipinski definition) is 4. The Morgan fingerprint density at radius 2 is 2.27 bits per heavy atom. The van der Waals surface area contributed by atoms with Crippen molar-refractivity contribution >= 4 is 5.84 Å². The molecule has 1 heterocycles. The van der Waals surface area contributed by atoms with Gasteiger partial charge >= 0.3 is 0 Å². The molecule has 0 amide bonds. The average Bonchev–Trinajstić information content (AvgIpc) is 2.99. The van der Waals surface area contributed by atoms with Crippen molar-refractivity contribution in [3.63, 3.8) is 0 Å². The van der Waals surface area contributed by atoms with E-state index in [9.17, 15) is 0 Å². The molecule has 0 aromatic heterocycles. The summed E-state index contributed by atoms with van der Waals surface area (Å²) in [6.07, 6.45) is 4.62. The summed E-state index contributed by atoms with van der Waals surface area (Å²) in [6.45, 7) is 3.20. The molecule has 0 aromatic carbocycles. The maximum absolute atomic E-state index is 8.38. The maximum Gasteiger partial charge on any atom is 0.140 e. The van der Waals surface area contributed by atoms with Crippen molar-refractivity contribution in [3.8, 4) is 0 Å². The van der Waals surface area contributed by atoms with E-state index in [4.69, 9.17) is 10.9 Å². The summed E-state index contributed by atoms with van der Waals surface area (Å²) in [6, 6.07) is 1.47. The van der Waals surface area contributed by atoms with E-state index in [0.717, 1.165) is 12.6 Å². The second-order valence-electron chi connectivity index (χ2n) is 4.51. The fourth-order valence-corrected chi connectivity index (χ4v) is 2.18. The molecule has 5 nitrogen and oxygen atoms in total. The molecule has 0 bridgehead atoms. The molecule has 2 rings (SSSR count). The normalized spacial score (nSPS) is 28.5. The molecule has 2 fully saturated rings. The van der Waals surface area contributed by atoms with Crippen LogP contribution < -0.4 is 11.1 Å². The molecule has 1 saturated carbocycles. The van der Waals surface area contributed by atoms with Gasteiger partial charge in [0.05, 0.1) is 0 Å². The Morgan fingerprint density at radius 1 is 1.47 bits per heavy atom. The SMILES string of the molecule is NC(CCNC1CCN(C2CC2)C1)=NO. The molecule has 86 valence electrons. The van der Waals surface area contributed by atoms with Crippen LogP contribution in [-0.4, -0.2) is 47.7 Å². The first-order valence-electron chi connectivity index (χ1n) is 5.73. The quantitative estimate of drug-likeness (QED) is 0.258. The molecule has 4 N–H and O–H groups in total. The fourth-order valence-electron chi connectivity index (χ4n) is 2.18. The third-order valence-electron chi connectivity index (χ3n) is 3.23. The summed E-state index contributed by atoms with van der Waals surface area (Å²) in [5.74, 6) is 0.305. The zero-order valence-corrected chi connectivity index (χ0v) is 9.02. The Hall–Kier alpha value is -0.810. The van der Waals surface area contributed by atoms with Crippen molar-refractivity contribution in [3.05, 3.63) is 0 Å². The van der Waals surface area contributed by atoms with E-state index < -0.39 is 0 Å². The molecule has 5 heteroatoms. The van der Waals surface area contributed by atoms with Crippen LogP contribution in [0.5, 0.6) is 0 Å². The highest BCUT2D eigenvalue weighted by Crippen LogP contribution is 2.29. The first kappa shape index (κ1) is 10.7. The van der Waals surface area contributed by atoms with Crippen molar-refractivity contribution in [1.82, 2.24) is 10.2 Å². The fraction of sp³-hybridized carbons (Fsp3) is 0.900. The highest BCUT2D eigenvalue weighted by Gasteiger charge is 2.33. The molecule has 15 heavy (non-hydrogen) atoms. The number of nitrogens with zero attached hydrogens (tertiary/aromatic N) is 2. The third-order valence-corrected chi connectivity index (χ3v) is 3.23. The highest BCUT2D eigenvalue weighted by atomic mass is 16.4. The Labute approximate surface area is 90.3 Å². The number of nitrogens with two attached hydrogens (primary N) is 1. The van der Waals surface area contributed by atoms with Crippen LogP contribution in [0.1, 0.15) is 25.7 Å². The molecular weight excluding hydrogens is 192 g/mol. The second kappa shape index (κ2) is 4.81. The number of hydrogen-bond donors (Lipinski definition) is 3. The Bertz CT molecular complexity index is 240. The van der Waals surface area contributed by atoms with E-state index in [1.54, 1.807) is 0 Å². The van der Waals surface area contributed by atoms with Gasteiger partial charge < -0.3 is 16.3 Å². The predicted molar refractivity (Wildman–Crippen MR) is 59.0 cm³/mol. The van der Waals surface area contributed by atoms with Gasteiger partial charge in [0.25, 0.3) is 0 Å². The smallest absolute Gasteiger partial charge is 0.140 e. The summed E-state index contributed by atoms with van der Waals surface area (Å²) in [4.78, 5) is 2.57. The van der Waals surface area contributed by atoms with E-state index >= 15 is 0 Å². The van der Waals surface area contributed by atoms with Gasteiger partial charge in [-0.25, -0.2) is 0 Å². The van der Waals surface area contributed by atoms with E-state index in [0.29, 0.717) is 18.3 Å². The third kappa shape index (κ3) is 3.07. The number of likely N-dealkylation sites (tertiary alicyclic amines) is 1. The van der Waals surface area contributed by atoms with E-state index in [-0.39, 0.29) is 0 Å². The number of nitrogens with one attached hydrogen (secondary N) is 1. The molecule has 1 aliphatic carbocycles. The molecule has 0 aromatic rings.